The molecule has 3 rings (SSSR count). The van der Waals surface area contributed by atoms with Crippen molar-refractivity contribution in [3.8, 4) is 0 Å². The van der Waals surface area contributed by atoms with E-state index in [9.17, 15) is 9.59 Å². The zero-order chi connectivity index (χ0) is 20.3. The third kappa shape index (κ3) is 4.30. The summed E-state index contributed by atoms with van der Waals surface area (Å²) in [6.45, 7) is 8.87. The van der Waals surface area contributed by atoms with Crippen molar-refractivity contribution < 1.29 is 9.59 Å². The molecule has 1 aromatic heterocycles. The summed E-state index contributed by atoms with van der Waals surface area (Å²) in [4.78, 5) is 30.9. The number of nitrogens with zero attached hydrogens (tertiary/aromatic N) is 2. The summed E-state index contributed by atoms with van der Waals surface area (Å²) in [5.74, 6) is 0.0894. The number of benzene rings is 1. The Balaban J connectivity index is 1.89. The van der Waals surface area contributed by atoms with Crippen molar-refractivity contribution in [2.45, 2.75) is 59.0 Å². The number of fused-ring (bicyclic) bond motifs is 1. The van der Waals surface area contributed by atoms with Gasteiger partial charge in [-0.3, -0.25) is 9.59 Å². The summed E-state index contributed by atoms with van der Waals surface area (Å²) >= 11 is 1.77. The Kier molecular flexibility index (Phi) is 6.55. The molecule has 150 valence electrons. The lowest BCUT2D eigenvalue weighted by Crippen LogP contribution is -2.48. The Morgan fingerprint density at radius 1 is 1.21 bits per heavy atom. The van der Waals surface area contributed by atoms with Gasteiger partial charge in [0.15, 0.2) is 0 Å². The van der Waals surface area contributed by atoms with Crippen molar-refractivity contribution >= 4 is 23.2 Å². The highest BCUT2D eigenvalue weighted by atomic mass is 32.1. The van der Waals surface area contributed by atoms with Crippen LogP contribution in [0.1, 0.15) is 61.2 Å². The van der Waals surface area contributed by atoms with Crippen molar-refractivity contribution in [3.63, 3.8) is 0 Å². The maximum Gasteiger partial charge on any atom is 0.243 e. The van der Waals surface area contributed by atoms with Crippen LogP contribution >= 0.6 is 11.3 Å². The first-order valence-electron chi connectivity index (χ1n) is 10.1. The minimum atomic E-state index is -0.0709. The van der Waals surface area contributed by atoms with E-state index >= 15 is 0 Å². The highest BCUT2D eigenvalue weighted by molar-refractivity contribution is 7.10. The first kappa shape index (κ1) is 20.6. The fourth-order valence-electron chi connectivity index (χ4n) is 3.85. The minimum absolute atomic E-state index is 0.0160. The van der Waals surface area contributed by atoms with Crippen molar-refractivity contribution in [1.82, 2.24) is 9.80 Å². The fourth-order valence-corrected chi connectivity index (χ4v) is 4.75. The molecule has 0 bridgehead atoms. The van der Waals surface area contributed by atoms with Gasteiger partial charge in [-0.1, -0.05) is 36.8 Å². The van der Waals surface area contributed by atoms with Crippen molar-refractivity contribution in [2.75, 3.05) is 13.1 Å². The molecule has 1 aromatic carbocycles. The van der Waals surface area contributed by atoms with E-state index in [4.69, 9.17) is 0 Å². The van der Waals surface area contributed by atoms with Gasteiger partial charge in [-0.2, -0.15) is 0 Å². The third-order valence-corrected chi connectivity index (χ3v) is 6.39. The van der Waals surface area contributed by atoms with Crippen LogP contribution in [0.3, 0.4) is 0 Å². The van der Waals surface area contributed by atoms with E-state index in [2.05, 4.69) is 42.6 Å². The molecule has 0 N–H and O–H groups in total. The topological polar surface area (TPSA) is 40.6 Å². The number of thiophene rings is 1. The number of carbonyl (C=O) groups excluding carboxylic acids is 2. The summed E-state index contributed by atoms with van der Waals surface area (Å²) in [6, 6.07) is 10.5. The molecule has 1 aliphatic rings. The summed E-state index contributed by atoms with van der Waals surface area (Å²) in [5.41, 5.74) is 3.57. The van der Waals surface area contributed by atoms with Crippen LogP contribution in [-0.2, 0) is 16.0 Å². The van der Waals surface area contributed by atoms with Crippen LogP contribution in [0.4, 0.5) is 0 Å². The number of carbonyl (C=O) groups is 2. The van der Waals surface area contributed by atoms with E-state index in [0.717, 1.165) is 18.4 Å². The number of hydrogen-bond acceptors (Lipinski definition) is 3. The highest BCUT2D eigenvalue weighted by Crippen LogP contribution is 2.38. The molecule has 1 aliphatic heterocycles. The molecule has 0 saturated heterocycles. The third-order valence-electron chi connectivity index (χ3n) is 5.39. The van der Waals surface area contributed by atoms with E-state index in [-0.39, 0.29) is 30.4 Å². The number of rotatable bonds is 6. The van der Waals surface area contributed by atoms with E-state index in [0.29, 0.717) is 13.0 Å². The zero-order valence-electron chi connectivity index (χ0n) is 17.3. The Morgan fingerprint density at radius 2 is 1.93 bits per heavy atom. The second-order valence-corrected chi connectivity index (χ2v) is 8.82. The number of hydrogen-bond donors (Lipinski definition) is 0. The first-order valence-corrected chi connectivity index (χ1v) is 11.0. The molecule has 1 atom stereocenters. The van der Waals surface area contributed by atoms with Gasteiger partial charge in [-0.25, -0.2) is 0 Å². The van der Waals surface area contributed by atoms with Gasteiger partial charge in [0.2, 0.25) is 11.8 Å². The standard InChI is InChI=1S/C23H30N2O2S/c1-5-6-21(26)25(16(2)3)15-22(27)24-13-11-20-19(12-14-28-20)23(24)18-9-7-17(4)8-10-18/h7-10,12,14,16,23H,5-6,11,13,15H2,1-4H3. The zero-order valence-corrected chi connectivity index (χ0v) is 18.1. The summed E-state index contributed by atoms with van der Waals surface area (Å²) in [5, 5.41) is 2.12. The Morgan fingerprint density at radius 3 is 2.57 bits per heavy atom. The van der Waals surface area contributed by atoms with Crippen LogP contribution in [0.5, 0.6) is 0 Å². The van der Waals surface area contributed by atoms with E-state index in [1.807, 2.05) is 25.7 Å². The van der Waals surface area contributed by atoms with Gasteiger partial charge in [0.1, 0.15) is 6.54 Å². The van der Waals surface area contributed by atoms with E-state index in [1.165, 1.54) is 16.0 Å². The van der Waals surface area contributed by atoms with Crippen LogP contribution in [0.15, 0.2) is 35.7 Å². The monoisotopic (exact) mass is 398 g/mol. The van der Waals surface area contributed by atoms with E-state index < -0.39 is 0 Å². The van der Waals surface area contributed by atoms with Gasteiger partial charge in [0, 0.05) is 23.9 Å². The quantitative estimate of drug-likeness (QED) is 0.715. The molecule has 2 heterocycles. The molecule has 2 amide bonds. The molecular formula is C23H30N2O2S. The molecule has 0 spiro atoms. The molecule has 5 heteroatoms. The van der Waals surface area contributed by atoms with Gasteiger partial charge in [-0.05, 0) is 56.2 Å². The average molecular weight is 399 g/mol. The Bertz CT molecular complexity index is 825. The largest absolute Gasteiger partial charge is 0.331 e. The minimum Gasteiger partial charge on any atom is -0.331 e. The fraction of sp³-hybridized carbons (Fsp3) is 0.478. The molecule has 0 saturated carbocycles. The predicted molar refractivity (Wildman–Crippen MR) is 115 cm³/mol. The summed E-state index contributed by atoms with van der Waals surface area (Å²) in [7, 11) is 0. The van der Waals surface area contributed by atoms with Gasteiger partial charge in [-0.15, -0.1) is 11.3 Å². The SMILES string of the molecule is CCCC(=O)N(CC(=O)N1CCc2sccc2C1c1ccc(C)cc1)C(C)C. The van der Waals surface area contributed by atoms with Crippen molar-refractivity contribution in [3.05, 3.63) is 57.3 Å². The molecule has 0 aliphatic carbocycles. The predicted octanol–water partition coefficient (Wildman–Crippen LogP) is 4.57. The first-order chi connectivity index (χ1) is 13.4. The second kappa shape index (κ2) is 8.91. The summed E-state index contributed by atoms with van der Waals surface area (Å²) in [6.07, 6.45) is 2.16. The lowest BCUT2D eigenvalue weighted by molar-refractivity contribution is -0.143. The van der Waals surface area contributed by atoms with Gasteiger partial charge in [0.05, 0.1) is 6.04 Å². The molecule has 0 radical (unpaired) electrons. The molecular weight excluding hydrogens is 368 g/mol. The summed E-state index contributed by atoms with van der Waals surface area (Å²) < 4.78 is 0. The average Bonchev–Trinajstić information content (AvgIpc) is 3.14. The van der Waals surface area contributed by atoms with Crippen LogP contribution < -0.4 is 0 Å². The second-order valence-electron chi connectivity index (χ2n) is 7.81. The van der Waals surface area contributed by atoms with Crippen molar-refractivity contribution in [1.29, 1.82) is 0 Å². The smallest absolute Gasteiger partial charge is 0.243 e. The van der Waals surface area contributed by atoms with Crippen LogP contribution in [-0.4, -0.2) is 40.7 Å². The van der Waals surface area contributed by atoms with Gasteiger partial charge < -0.3 is 9.80 Å². The van der Waals surface area contributed by atoms with Crippen LogP contribution in [0, 0.1) is 6.92 Å². The maximum atomic E-state index is 13.3. The van der Waals surface area contributed by atoms with Crippen LogP contribution in [0.2, 0.25) is 0 Å². The lowest BCUT2D eigenvalue weighted by Gasteiger charge is -2.38. The van der Waals surface area contributed by atoms with E-state index in [1.54, 1.807) is 16.2 Å². The van der Waals surface area contributed by atoms with Crippen LogP contribution in [0.25, 0.3) is 0 Å². The maximum absolute atomic E-state index is 13.3. The van der Waals surface area contributed by atoms with Gasteiger partial charge in [0.25, 0.3) is 0 Å². The Labute approximate surface area is 172 Å². The lowest BCUT2D eigenvalue weighted by atomic mass is 9.92. The van der Waals surface area contributed by atoms with Gasteiger partial charge >= 0.3 is 0 Å². The highest BCUT2D eigenvalue weighted by Gasteiger charge is 2.34. The molecule has 1 unspecified atom stereocenters. The molecule has 28 heavy (non-hydrogen) atoms. The molecule has 2 aromatic rings. The number of amides is 2. The number of aryl methyl sites for hydroxylation is 1. The molecule has 0 fully saturated rings. The molecule has 4 nitrogen and oxygen atoms in total. The Hall–Kier alpha value is -2.14. The normalized spacial score (nSPS) is 16.2. The van der Waals surface area contributed by atoms with Crippen molar-refractivity contribution in [2.24, 2.45) is 0 Å².